The second-order valence-electron chi connectivity index (χ2n) is 33.7. The number of fused-ring (bicyclic) bond motifs is 2. The second-order valence-corrected chi connectivity index (χ2v) is 38.9. The summed E-state index contributed by atoms with van der Waals surface area (Å²) in [5.74, 6) is 5.64. The van der Waals surface area contributed by atoms with E-state index in [0.29, 0.717) is 52.6 Å². The Kier molecular flexibility index (Phi) is 42.7. The number of carboxylic acids is 1. The number of anilines is 1. The average Bonchev–Trinajstić information content (AvgIpc) is 0.751. The minimum absolute atomic E-state index is 0.0113. The van der Waals surface area contributed by atoms with Crippen LogP contribution in [0.1, 0.15) is 167 Å². The number of Topliss-reactive ketones (excluding diaryl/α,β-unsaturated/α-hetero) is 3. The Morgan fingerprint density at radius 1 is 0.817 bits per heavy atom. The Hall–Kier alpha value is -7.58. The van der Waals surface area contributed by atoms with Crippen LogP contribution < -0.4 is 47.1 Å². The molecule has 2 bridgehead atoms. The van der Waals surface area contributed by atoms with E-state index in [2.05, 4.69) is 45.1 Å². The van der Waals surface area contributed by atoms with E-state index < -0.39 is 203 Å². The van der Waals surface area contributed by atoms with Crippen molar-refractivity contribution in [3.05, 3.63) is 79.5 Å². The molecular weight excluding hydrogens is 1880 g/mol. The highest BCUT2D eigenvalue weighted by Crippen LogP contribution is 2.50. The number of hydroxylamine groups is 1. The number of nitrogens with zero attached hydrogens (tertiary/aromatic N) is 1. The SMILES string of the molecule is CCN(C(=O)OCc1ccc(NC(=O)[C@H](CCCNC(N)=O)CC(=O)[C@@H](NC(=O)[C@H](CCCCN)CC(C)=O)C(C)C)cc1)[C@H]1CO[C@@H](O[C@H]2[C@H](O[C@H]3C#C/C=C\C#C[C@]4(O)CC(=O)C(CC(=O)OC)=C3/C4=C\CSSC(C)(C)CCC(=O)O)O[C@H](C)[C@@H](NO[C@H]3C[C@H](O)[C@H](SC(=O)c4c(C)c(I)c(O[C@@H]5O[C@@H](C)[C@H](O)[C@@H](OC)[C@H]5O)c(OC)c4OC)[C@@H](C)O3)[C@@H]2O)C[C@@H]1OC. The number of primary amides is 1. The summed E-state index contributed by atoms with van der Waals surface area (Å²) in [4.78, 5) is 142. The van der Waals surface area contributed by atoms with Gasteiger partial charge in [-0.05, 0) is 158 Å². The zero-order valence-electron chi connectivity index (χ0n) is 76.4. The van der Waals surface area contributed by atoms with E-state index in [-0.39, 0.29) is 128 Å². The number of likely N-dealkylation sites (N-methyl/N-ethyl adjacent to an activating group) is 1. The van der Waals surface area contributed by atoms with Crippen molar-refractivity contribution in [3.8, 4) is 40.9 Å². The fourth-order valence-corrected chi connectivity index (χ4v) is 20.3. The molecule has 0 aromatic heterocycles. The molecule has 0 unspecified atom stereocenters. The number of hydrogen-bond donors (Lipinski definition) is 12. The van der Waals surface area contributed by atoms with Gasteiger partial charge in [0.05, 0.1) is 104 Å². The number of aliphatic hydroxyl groups is 5. The molecule has 0 radical (unpaired) electrons. The molecule has 41 heteroatoms. The van der Waals surface area contributed by atoms with E-state index in [1.807, 2.05) is 36.4 Å². The number of ketones is 3. The van der Waals surface area contributed by atoms with Crippen LogP contribution in [0.15, 0.2) is 59.2 Å². The maximum atomic E-state index is 14.7. The molecule has 4 heterocycles. The van der Waals surface area contributed by atoms with Crippen molar-refractivity contribution in [3.63, 3.8) is 0 Å². The largest absolute Gasteiger partial charge is 0.492 e. The average molecular weight is 2010 g/mol. The van der Waals surface area contributed by atoms with Crippen molar-refractivity contribution in [1.82, 2.24) is 21.0 Å². The molecule has 2 aromatic carbocycles. The molecular formula is C90H126IN7O30S3. The van der Waals surface area contributed by atoms with Gasteiger partial charge in [-0.3, -0.25) is 38.4 Å². The number of nitrogens with two attached hydrogens (primary N) is 2. The van der Waals surface area contributed by atoms with Crippen molar-refractivity contribution in [1.29, 1.82) is 0 Å². The molecule has 2 aliphatic carbocycles. The van der Waals surface area contributed by atoms with Gasteiger partial charge < -0.3 is 129 Å². The summed E-state index contributed by atoms with van der Waals surface area (Å²) in [5.41, 5.74) is 12.8. The third kappa shape index (κ3) is 29.7. The first-order valence-corrected chi connectivity index (χ1v) is 47.7. The molecule has 5 amide bonds. The smallest absolute Gasteiger partial charge is 0.410 e. The summed E-state index contributed by atoms with van der Waals surface area (Å²) < 4.78 is 79.4. The molecule has 6 aliphatic rings. The molecule has 4 saturated heterocycles. The molecule has 2 aromatic rings. The normalized spacial score (nSPS) is 27.9. The number of halogens is 1. The quantitative estimate of drug-likeness (QED) is 0.00820. The lowest BCUT2D eigenvalue weighted by molar-refractivity contribution is -0.337. The molecule has 4 aliphatic heterocycles. The number of amides is 5. The Balaban J connectivity index is 1.02. The number of carboxylic acid groups (broad SMARTS) is 1. The van der Waals surface area contributed by atoms with Crippen LogP contribution in [0.4, 0.5) is 15.3 Å². The summed E-state index contributed by atoms with van der Waals surface area (Å²) >= 11 is 2.74. The number of aliphatic carboxylic acids is 1. The maximum absolute atomic E-state index is 14.7. The Labute approximate surface area is 788 Å². The van der Waals surface area contributed by atoms with Crippen molar-refractivity contribution in [2.24, 2.45) is 29.2 Å². The monoisotopic (exact) mass is 2010 g/mol. The lowest BCUT2D eigenvalue weighted by Gasteiger charge is -2.47. The number of allylic oxidation sites excluding steroid dienone is 2. The van der Waals surface area contributed by atoms with Crippen molar-refractivity contribution in [2.75, 3.05) is 72.9 Å². The highest BCUT2D eigenvalue weighted by atomic mass is 127. The first kappa shape index (κ1) is 109. The second kappa shape index (κ2) is 51.4. The topological polar surface area (TPSA) is 525 Å². The first-order valence-electron chi connectivity index (χ1n) is 43.4. The van der Waals surface area contributed by atoms with E-state index in [4.69, 9.17) is 77.9 Å². The fourth-order valence-electron chi connectivity index (χ4n) is 16.1. The zero-order valence-corrected chi connectivity index (χ0v) is 81.0. The molecule has 726 valence electrons. The molecule has 4 fully saturated rings. The number of esters is 1. The number of carbonyl (C=O) groups is 10. The summed E-state index contributed by atoms with van der Waals surface area (Å²) in [5, 5.41) is 75.8. The van der Waals surface area contributed by atoms with Gasteiger partial charge >= 0.3 is 24.1 Å². The van der Waals surface area contributed by atoms with Crippen molar-refractivity contribution >= 4 is 120 Å². The molecule has 14 N–H and O–H groups in total. The summed E-state index contributed by atoms with van der Waals surface area (Å²) in [6.45, 7) is 17.0. The maximum Gasteiger partial charge on any atom is 0.410 e. The van der Waals surface area contributed by atoms with E-state index in [1.54, 1.807) is 78.8 Å². The number of ether oxygens (including phenoxy) is 13. The van der Waals surface area contributed by atoms with Crippen molar-refractivity contribution in [2.45, 2.75) is 285 Å². The van der Waals surface area contributed by atoms with E-state index in [0.717, 1.165) is 18.9 Å². The number of unbranched alkanes of at least 4 members (excludes halogenated alkanes) is 1. The Morgan fingerprint density at radius 2 is 1.50 bits per heavy atom. The third-order valence-corrected chi connectivity index (χ3v) is 29.1. The van der Waals surface area contributed by atoms with Crippen LogP contribution in [0.5, 0.6) is 17.2 Å². The predicted molar refractivity (Wildman–Crippen MR) is 491 cm³/mol. The van der Waals surface area contributed by atoms with Gasteiger partial charge in [0.1, 0.15) is 49.0 Å². The number of nitrogens with one attached hydrogen (secondary N) is 4. The van der Waals surface area contributed by atoms with Crippen LogP contribution >= 0.6 is 55.9 Å². The van der Waals surface area contributed by atoms with Gasteiger partial charge in [0, 0.05) is 104 Å². The number of methoxy groups -OCH3 is 5. The first-order chi connectivity index (χ1) is 62.2. The molecule has 22 atom stereocenters. The van der Waals surface area contributed by atoms with E-state index in [9.17, 15) is 78.6 Å². The number of benzene rings is 2. The van der Waals surface area contributed by atoms with Gasteiger partial charge in [0.15, 0.2) is 47.5 Å². The van der Waals surface area contributed by atoms with Crippen LogP contribution in [-0.2, 0) is 92.4 Å². The Morgan fingerprint density at radius 3 is 2.14 bits per heavy atom. The van der Waals surface area contributed by atoms with Gasteiger partial charge in [-0.25, -0.2) is 9.59 Å². The van der Waals surface area contributed by atoms with Gasteiger partial charge in [-0.15, -0.1) is 0 Å². The highest BCUT2D eigenvalue weighted by molar-refractivity contribution is 14.1. The van der Waals surface area contributed by atoms with Crippen LogP contribution in [0, 0.1) is 51.9 Å². The lowest BCUT2D eigenvalue weighted by Crippen LogP contribution is -2.65. The summed E-state index contributed by atoms with van der Waals surface area (Å²) in [6, 6.07) is 2.57. The van der Waals surface area contributed by atoms with Crippen LogP contribution in [-0.4, -0.2) is 287 Å². The molecule has 0 spiro atoms. The summed E-state index contributed by atoms with van der Waals surface area (Å²) in [7, 11) is 9.28. The molecule has 131 heavy (non-hydrogen) atoms. The van der Waals surface area contributed by atoms with E-state index >= 15 is 0 Å². The standard InChI is InChI=1S/C90H126IN7O30S3/c1-16-98(88(113)121-44-52-27-29-55(30-28-52)95-82(109)54(25-23-36-94-87(93)112)39-59(100)71(46(2)3)96-83(110)53(38-47(4)99)24-20-22-35-92)58-45-120-66(42-63(58)115-11)126-79-74(107)72(49(6)123-86(79)125-62-26-19-17-18-21-33-90(114)43-61(102)56(40-65(105)116-12)69(62)57(90)32-37-129-131-89(9,10)34-31-64(103)104)97-128-67-41-60(101)81(51(8)122-67)130-84(111)68-48(5)70(91)77(80(119-15)76(68)117-13)127-85-75(108)78(118-14)73(106)50(7)124-85/h17-18,27-30,32,46,49-51,53-54,58,60,62-63,66-67,71-75,78-79,81,85-86,97,101,106-108,114H,16,20,22-25,31,34-45,92H2,1-15H3,(H,95,109)(H,96,110)(H,103,104)(H3,93,94,112)/b18-17-,57-32+/t49-,50+,51-,53-,54-,58+,60+,62+,63+,66+,67+,71+,72-,73+,74+,75-,78-,79-,81-,85+,86+,90+/m1/s1. The minimum atomic E-state index is -2.22. The minimum Gasteiger partial charge on any atom is -0.492 e. The van der Waals surface area contributed by atoms with Gasteiger partial charge in [0.25, 0.3) is 0 Å². The van der Waals surface area contributed by atoms with Crippen LogP contribution in [0.2, 0.25) is 0 Å². The third-order valence-electron chi connectivity index (χ3n) is 23.3. The Bertz CT molecular complexity index is 4530. The number of carbonyl (C=O) groups excluding carboxylic acids is 9. The predicted octanol–water partition coefficient (Wildman–Crippen LogP) is 6.69. The molecule has 37 nitrogen and oxygen atoms in total. The number of rotatable bonds is 46. The number of aliphatic hydroxyl groups excluding tert-OH is 4. The van der Waals surface area contributed by atoms with Crippen LogP contribution in [0.25, 0.3) is 0 Å². The number of thioether (sulfide) groups is 1. The lowest BCUT2D eigenvalue weighted by atomic mass is 9.72. The molecule has 0 saturated carbocycles. The van der Waals surface area contributed by atoms with E-state index in [1.165, 1.54) is 74.0 Å². The fraction of sp³-hybridized carbons (Fsp3) is 0.644. The number of hydrogen-bond acceptors (Lipinski definition) is 34. The number of urea groups is 1. The van der Waals surface area contributed by atoms with Gasteiger partial charge in [-0.2, -0.15) is 5.48 Å². The van der Waals surface area contributed by atoms with Gasteiger partial charge in [-0.1, -0.05) is 95.5 Å². The van der Waals surface area contributed by atoms with Crippen LogP contribution in [0.3, 0.4) is 0 Å². The van der Waals surface area contributed by atoms with Crippen molar-refractivity contribution < 1.29 is 145 Å². The zero-order chi connectivity index (χ0) is 96.5. The highest BCUT2D eigenvalue weighted by Gasteiger charge is 2.53. The summed E-state index contributed by atoms with van der Waals surface area (Å²) in [6.07, 6.45) is -15.3. The van der Waals surface area contributed by atoms with Gasteiger partial charge in [0.2, 0.25) is 29.0 Å². The molecule has 8 rings (SSSR count).